The molecule has 1 rings (SSSR count). The molecule has 0 fully saturated rings. The smallest absolute Gasteiger partial charge is 0.253 e. The monoisotopic (exact) mass is 316 g/mol. The van der Waals surface area contributed by atoms with Crippen LogP contribution in [-0.4, -0.2) is 25.0 Å². The fourth-order valence-electron chi connectivity index (χ4n) is 1.26. The number of carbonyl (C=O) groups is 1. The number of hydrogen-bond donors (Lipinski definition) is 2. The van der Waals surface area contributed by atoms with E-state index in [1.165, 1.54) is 11.3 Å². The SMILES string of the molecule is CCN[C@H](C)CNC(=O)c1cc(Cl)sc1Cl.Cl. The van der Waals surface area contributed by atoms with Crippen LogP contribution < -0.4 is 10.6 Å². The molecule has 0 spiro atoms. The second-order valence-corrected chi connectivity index (χ2v) is 5.69. The van der Waals surface area contributed by atoms with E-state index in [9.17, 15) is 4.79 Å². The Hall–Kier alpha value is -0.000000000000000222. The lowest BCUT2D eigenvalue weighted by atomic mass is 10.3. The first-order chi connectivity index (χ1) is 7.54. The predicted molar refractivity (Wildman–Crippen MR) is 77.1 cm³/mol. The van der Waals surface area contributed by atoms with Crippen molar-refractivity contribution < 1.29 is 4.79 Å². The number of thiophene rings is 1. The molecule has 1 amide bonds. The van der Waals surface area contributed by atoms with Crippen molar-refractivity contribution in [3.63, 3.8) is 0 Å². The summed E-state index contributed by atoms with van der Waals surface area (Å²) in [6.07, 6.45) is 0. The second kappa shape index (κ2) is 8.16. The number of likely N-dealkylation sites (N-methyl/N-ethyl adjacent to an activating group) is 1. The van der Waals surface area contributed by atoms with Gasteiger partial charge in [-0.3, -0.25) is 4.79 Å². The van der Waals surface area contributed by atoms with E-state index in [1.807, 2.05) is 13.8 Å². The van der Waals surface area contributed by atoms with Crippen molar-refractivity contribution in [3.8, 4) is 0 Å². The van der Waals surface area contributed by atoms with Crippen LogP contribution in [0.1, 0.15) is 24.2 Å². The van der Waals surface area contributed by atoms with Gasteiger partial charge in [-0.25, -0.2) is 0 Å². The van der Waals surface area contributed by atoms with E-state index < -0.39 is 0 Å². The third-order valence-corrected chi connectivity index (χ3v) is 3.51. The Labute approximate surface area is 121 Å². The topological polar surface area (TPSA) is 41.1 Å². The molecule has 2 N–H and O–H groups in total. The van der Waals surface area contributed by atoms with Crippen LogP contribution in [0.25, 0.3) is 0 Å². The van der Waals surface area contributed by atoms with Gasteiger partial charge in [0, 0.05) is 12.6 Å². The van der Waals surface area contributed by atoms with Crippen LogP contribution in [-0.2, 0) is 0 Å². The normalized spacial score (nSPS) is 11.8. The Morgan fingerprint density at radius 2 is 2.18 bits per heavy atom. The molecule has 0 saturated carbocycles. The second-order valence-electron chi connectivity index (χ2n) is 3.41. The molecular weight excluding hydrogens is 303 g/mol. The Morgan fingerprint density at radius 1 is 1.53 bits per heavy atom. The number of halogens is 3. The van der Waals surface area contributed by atoms with Crippen LogP contribution in [0, 0.1) is 0 Å². The predicted octanol–water partition coefficient (Wildman–Crippen LogP) is 3.20. The first kappa shape index (κ1) is 17.0. The highest BCUT2D eigenvalue weighted by atomic mass is 35.5. The van der Waals surface area contributed by atoms with Gasteiger partial charge in [0.05, 0.1) is 9.90 Å². The van der Waals surface area contributed by atoms with Crippen molar-refractivity contribution in [1.82, 2.24) is 10.6 Å². The molecule has 1 atom stereocenters. The molecule has 0 aromatic carbocycles. The zero-order valence-corrected chi connectivity index (χ0v) is 12.7. The minimum atomic E-state index is -0.182. The van der Waals surface area contributed by atoms with Gasteiger partial charge in [0.15, 0.2) is 0 Å². The minimum absolute atomic E-state index is 0. The van der Waals surface area contributed by atoms with Gasteiger partial charge in [0.25, 0.3) is 5.91 Å². The molecule has 7 heteroatoms. The molecule has 0 bridgehead atoms. The average molecular weight is 318 g/mol. The molecular formula is C10H15Cl3N2OS. The molecule has 0 aliphatic heterocycles. The summed E-state index contributed by atoms with van der Waals surface area (Å²) in [6, 6.07) is 1.82. The highest BCUT2D eigenvalue weighted by molar-refractivity contribution is 7.20. The summed E-state index contributed by atoms with van der Waals surface area (Å²) in [5.74, 6) is -0.182. The van der Waals surface area contributed by atoms with Crippen LogP contribution in [0.2, 0.25) is 8.67 Å². The van der Waals surface area contributed by atoms with Crippen LogP contribution in [0.3, 0.4) is 0 Å². The maximum Gasteiger partial charge on any atom is 0.253 e. The number of carbonyl (C=O) groups excluding carboxylic acids is 1. The summed E-state index contributed by atoms with van der Waals surface area (Å²) in [6.45, 7) is 5.47. The van der Waals surface area contributed by atoms with Crippen LogP contribution in [0.15, 0.2) is 6.07 Å². The quantitative estimate of drug-likeness (QED) is 0.875. The van der Waals surface area contributed by atoms with Gasteiger partial charge in [-0.1, -0.05) is 30.1 Å². The first-order valence-corrected chi connectivity index (χ1v) is 6.58. The van der Waals surface area contributed by atoms with Gasteiger partial charge in [-0.2, -0.15) is 0 Å². The number of amides is 1. The molecule has 1 aromatic rings. The summed E-state index contributed by atoms with van der Waals surface area (Å²) >= 11 is 12.8. The molecule has 0 aliphatic rings. The maximum atomic E-state index is 11.7. The minimum Gasteiger partial charge on any atom is -0.350 e. The third kappa shape index (κ3) is 5.44. The molecule has 0 saturated heterocycles. The average Bonchev–Trinajstić information content (AvgIpc) is 2.55. The number of hydrogen-bond acceptors (Lipinski definition) is 3. The van der Waals surface area contributed by atoms with Gasteiger partial charge in [0.2, 0.25) is 0 Å². The number of nitrogens with one attached hydrogen (secondary N) is 2. The molecule has 0 aliphatic carbocycles. The lowest BCUT2D eigenvalue weighted by Crippen LogP contribution is -2.38. The standard InChI is InChI=1S/C10H14Cl2N2OS.ClH/c1-3-13-6(2)5-14-10(15)7-4-8(11)16-9(7)12;/h4,6,13H,3,5H2,1-2H3,(H,14,15);1H/t6-;/m1./s1. The molecule has 1 aromatic heterocycles. The Bertz CT molecular complexity index is 370. The van der Waals surface area contributed by atoms with Crippen LogP contribution in [0.4, 0.5) is 0 Å². The maximum absolute atomic E-state index is 11.7. The molecule has 98 valence electrons. The van der Waals surface area contributed by atoms with Gasteiger partial charge >= 0.3 is 0 Å². The van der Waals surface area contributed by atoms with E-state index in [1.54, 1.807) is 6.07 Å². The molecule has 1 heterocycles. The fraction of sp³-hybridized carbons (Fsp3) is 0.500. The van der Waals surface area contributed by atoms with E-state index in [-0.39, 0.29) is 24.4 Å². The zero-order chi connectivity index (χ0) is 12.1. The first-order valence-electron chi connectivity index (χ1n) is 5.01. The van der Waals surface area contributed by atoms with Crippen molar-refractivity contribution in [2.45, 2.75) is 19.9 Å². The Kier molecular flexibility index (Phi) is 8.16. The van der Waals surface area contributed by atoms with E-state index in [4.69, 9.17) is 23.2 Å². The summed E-state index contributed by atoms with van der Waals surface area (Å²) in [4.78, 5) is 11.7. The Balaban J connectivity index is 0.00000256. The van der Waals surface area contributed by atoms with E-state index >= 15 is 0 Å². The van der Waals surface area contributed by atoms with Gasteiger partial charge in [0.1, 0.15) is 4.34 Å². The fourth-order valence-corrected chi connectivity index (χ4v) is 2.72. The molecule has 3 nitrogen and oxygen atoms in total. The van der Waals surface area contributed by atoms with E-state index in [2.05, 4.69) is 10.6 Å². The zero-order valence-electron chi connectivity index (χ0n) is 9.55. The van der Waals surface area contributed by atoms with Crippen LogP contribution in [0.5, 0.6) is 0 Å². The van der Waals surface area contributed by atoms with Gasteiger partial charge < -0.3 is 10.6 Å². The van der Waals surface area contributed by atoms with Crippen molar-refractivity contribution >= 4 is 52.9 Å². The van der Waals surface area contributed by atoms with E-state index in [0.29, 0.717) is 20.8 Å². The lowest BCUT2D eigenvalue weighted by molar-refractivity contribution is 0.0951. The van der Waals surface area contributed by atoms with Crippen molar-refractivity contribution in [2.75, 3.05) is 13.1 Å². The summed E-state index contributed by atoms with van der Waals surface area (Å²) in [5, 5.41) is 6.00. The number of rotatable bonds is 5. The summed E-state index contributed by atoms with van der Waals surface area (Å²) < 4.78 is 0.952. The summed E-state index contributed by atoms with van der Waals surface area (Å²) in [5.41, 5.74) is 0.445. The largest absolute Gasteiger partial charge is 0.350 e. The molecule has 17 heavy (non-hydrogen) atoms. The van der Waals surface area contributed by atoms with Crippen molar-refractivity contribution in [3.05, 3.63) is 20.3 Å². The van der Waals surface area contributed by atoms with E-state index in [0.717, 1.165) is 6.54 Å². The lowest BCUT2D eigenvalue weighted by Gasteiger charge is -2.12. The Morgan fingerprint density at radius 3 is 2.65 bits per heavy atom. The highest BCUT2D eigenvalue weighted by Gasteiger charge is 2.14. The third-order valence-electron chi connectivity index (χ3n) is 2.02. The van der Waals surface area contributed by atoms with Gasteiger partial charge in [-0.05, 0) is 19.5 Å². The highest BCUT2D eigenvalue weighted by Crippen LogP contribution is 2.30. The molecule has 0 radical (unpaired) electrons. The van der Waals surface area contributed by atoms with Crippen LogP contribution >= 0.6 is 46.9 Å². The van der Waals surface area contributed by atoms with Gasteiger partial charge in [-0.15, -0.1) is 23.7 Å². The molecule has 0 unspecified atom stereocenters. The van der Waals surface area contributed by atoms with Crippen molar-refractivity contribution in [1.29, 1.82) is 0 Å². The summed E-state index contributed by atoms with van der Waals surface area (Å²) in [7, 11) is 0. The van der Waals surface area contributed by atoms with Crippen molar-refractivity contribution in [2.24, 2.45) is 0 Å².